The van der Waals surface area contributed by atoms with Crippen LogP contribution in [0.25, 0.3) is 0 Å². The maximum absolute atomic E-state index is 11.9. The molecule has 6 nitrogen and oxygen atoms in total. The van der Waals surface area contributed by atoms with Gasteiger partial charge >= 0.3 is 12.0 Å². The van der Waals surface area contributed by atoms with Crippen LogP contribution in [-0.2, 0) is 11.3 Å². The summed E-state index contributed by atoms with van der Waals surface area (Å²) in [5.74, 6) is -0.850. The highest BCUT2D eigenvalue weighted by molar-refractivity contribution is 5.79. The van der Waals surface area contributed by atoms with E-state index < -0.39 is 11.4 Å². The van der Waals surface area contributed by atoms with Crippen LogP contribution in [0, 0.1) is 5.41 Å². The number of hydrogen-bond donors (Lipinski definition) is 2. The molecule has 2 N–H and O–H groups in total. The summed E-state index contributed by atoms with van der Waals surface area (Å²) >= 11 is 0. The van der Waals surface area contributed by atoms with Gasteiger partial charge in [-0.05, 0) is 31.0 Å². The molecule has 0 spiro atoms. The van der Waals surface area contributed by atoms with E-state index >= 15 is 0 Å². The molecule has 6 heteroatoms. The molecular weight excluding hydrogens is 246 g/mol. The molecule has 1 aromatic heterocycles. The molecule has 1 aliphatic heterocycles. The normalized spacial score (nSPS) is 22.3. The van der Waals surface area contributed by atoms with Gasteiger partial charge in [-0.1, -0.05) is 0 Å². The summed E-state index contributed by atoms with van der Waals surface area (Å²) in [6, 6.07) is 3.43. The van der Waals surface area contributed by atoms with E-state index in [0.717, 1.165) is 5.56 Å². The lowest BCUT2D eigenvalue weighted by atomic mass is 9.90. The Labute approximate surface area is 111 Å². The van der Waals surface area contributed by atoms with E-state index in [1.807, 2.05) is 12.1 Å². The van der Waals surface area contributed by atoms with Gasteiger partial charge in [0, 0.05) is 32.0 Å². The third-order valence-corrected chi connectivity index (χ3v) is 3.47. The van der Waals surface area contributed by atoms with E-state index in [4.69, 9.17) is 5.11 Å². The van der Waals surface area contributed by atoms with Gasteiger partial charge in [-0.25, -0.2) is 4.79 Å². The Kier molecular flexibility index (Phi) is 3.69. The van der Waals surface area contributed by atoms with Crippen molar-refractivity contribution < 1.29 is 14.7 Å². The molecule has 19 heavy (non-hydrogen) atoms. The monoisotopic (exact) mass is 263 g/mol. The predicted molar refractivity (Wildman–Crippen MR) is 68.4 cm³/mol. The van der Waals surface area contributed by atoms with Crippen molar-refractivity contribution in [1.29, 1.82) is 0 Å². The lowest BCUT2D eigenvalue weighted by Crippen LogP contribution is -2.40. The predicted octanol–water partition coefficient (Wildman–Crippen LogP) is 1.09. The molecule has 0 aliphatic carbocycles. The molecule has 1 unspecified atom stereocenters. The average Bonchev–Trinajstić information content (AvgIpc) is 2.81. The number of aliphatic carboxylic acids is 1. The minimum Gasteiger partial charge on any atom is -0.481 e. The number of carbonyl (C=O) groups excluding carboxylic acids is 1. The number of pyridine rings is 1. The zero-order chi connectivity index (χ0) is 13.9. The lowest BCUT2D eigenvalue weighted by Gasteiger charge is -2.20. The molecule has 0 saturated carbocycles. The SMILES string of the molecule is CC1(C(=O)O)CCN(C(=O)NCc2ccncc2)C1. The van der Waals surface area contributed by atoms with Crippen LogP contribution < -0.4 is 5.32 Å². The van der Waals surface area contributed by atoms with Crippen molar-refractivity contribution in [2.45, 2.75) is 19.9 Å². The van der Waals surface area contributed by atoms with Gasteiger partial charge in [0.25, 0.3) is 0 Å². The number of nitrogens with zero attached hydrogens (tertiary/aromatic N) is 2. The molecule has 1 aromatic rings. The van der Waals surface area contributed by atoms with Crippen LogP contribution in [0.15, 0.2) is 24.5 Å². The van der Waals surface area contributed by atoms with E-state index in [-0.39, 0.29) is 12.6 Å². The summed E-state index contributed by atoms with van der Waals surface area (Å²) in [6.45, 7) is 2.82. The Morgan fingerprint density at radius 2 is 2.16 bits per heavy atom. The van der Waals surface area contributed by atoms with Crippen LogP contribution in [0.5, 0.6) is 0 Å². The topological polar surface area (TPSA) is 82.5 Å². The molecule has 1 fully saturated rings. The number of amides is 2. The summed E-state index contributed by atoms with van der Waals surface area (Å²) in [4.78, 5) is 28.5. The highest BCUT2D eigenvalue weighted by atomic mass is 16.4. The van der Waals surface area contributed by atoms with Gasteiger partial charge in [0.05, 0.1) is 5.41 Å². The standard InChI is InChI=1S/C13H17N3O3/c1-13(11(17)18)4-7-16(9-13)12(19)15-8-10-2-5-14-6-3-10/h2-3,5-6H,4,7-9H2,1H3,(H,15,19)(H,17,18). The summed E-state index contributed by atoms with van der Waals surface area (Å²) in [7, 11) is 0. The molecule has 2 amide bonds. The highest BCUT2D eigenvalue weighted by Gasteiger charge is 2.42. The number of hydrogen-bond acceptors (Lipinski definition) is 3. The largest absolute Gasteiger partial charge is 0.481 e. The minimum atomic E-state index is -0.850. The van der Waals surface area contributed by atoms with E-state index in [9.17, 15) is 9.59 Å². The van der Waals surface area contributed by atoms with Gasteiger partial charge in [-0.3, -0.25) is 9.78 Å². The van der Waals surface area contributed by atoms with Gasteiger partial charge in [0.15, 0.2) is 0 Å². The summed E-state index contributed by atoms with van der Waals surface area (Å²) in [5, 5.41) is 11.9. The van der Waals surface area contributed by atoms with Crippen LogP contribution in [-0.4, -0.2) is 40.1 Å². The Morgan fingerprint density at radius 1 is 1.47 bits per heavy atom. The average molecular weight is 263 g/mol. The maximum atomic E-state index is 11.9. The third-order valence-electron chi connectivity index (χ3n) is 3.47. The zero-order valence-corrected chi connectivity index (χ0v) is 10.8. The number of carbonyl (C=O) groups is 2. The molecule has 2 heterocycles. The van der Waals surface area contributed by atoms with Crippen LogP contribution in [0.1, 0.15) is 18.9 Å². The van der Waals surface area contributed by atoms with E-state index in [1.165, 1.54) is 0 Å². The van der Waals surface area contributed by atoms with Crippen molar-refractivity contribution in [2.75, 3.05) is 13.1 Å². The van der Waals surface area contributed by atoms with Crippen molar-refractivity contribution in [3.63, 3.8) is 0 Å². The number of nitrogens with one attached hydrogen (secondary N) is 1. The number of aromatic nitrogens is 1. The molecule has 102 valence electrons. The maximum Gasteiger partial charge on any atom is 0.317 e. The molecule has 1 aliphatic rings. The van der Waals surface area contributed by atoms with Crippen molar-refractivity contribution >= 4 is 12.0 Å². The smallest absolute Gasteiger partial charge is 0.317 e. The van der Waals surface area contributed by atoms with Gasteiger partial charge < -0.3 is 15.3 Å². The van der Waals surface area contributed by atoms with E-state index in [1.54, 1.807) is 24.2 Å². The second kappa shape index (κ2) is 5.26. The Balaban J connectivity index is 1.87. The van der Waals surface area contributed by atoms with Crippen LogP contribution in [0.2, 0.25) is 0 Å². The molecule has 0 bridgehead atoms. The molecule has 1 atom stereocenters. The molecule has 1 saturated heterocycles. The first kappa shape index (κ1) is 13.3. The Morgan fingerprint density at radius 3 is 2.74 bits per heavy atom. The number of rotatable bonds is 3. The van der Waals surface area contributed by atoms with E-state index in [2.05, 4.69) is 10.3 Å². The first-order chi connectivity index (χ1) is 9.01. The van der Waals surface area contributed by atoms with Crippen LogP contribution >= 0.6 is 0 Å². The first-order valence-electron chi connectivity index (χ1n) is 6.16. The second-order valence-corrected chi connectivity index (χ2v) is 5.05. The van der Waals surface area contributed by atoms with Gasteiger partial charge in [-0.15, -0.1) is 0 Å². The fourth-order valence-electron chi connectivity index (χ4n) is 2.10. The quantitative estimate of drug-likeness (QED) is 0.855. The molecule has 0 aromatic carbocycles. The van der Waals surface area contributed by atoms with Crippen LogP contribution in [0.4, 0.5) is 4.79 Å². The van der Waals surface area contributed by atoms with Gasteiger partial charge in [0.2, 0.25) is 0 Å². The molecule has 2 rings (SSSR count). The lowest BCUT2D eigenvalue weighted by molar-refractivity contribution is -0.146. The summed E-state index contributed by atoms with van der Waals surface area (Å²) in [5.41, 5.74) is 0.136. The molecule has 0 radical (unpaired) electrons. The van der Waals surface area contributed by atoms with Gasteiger partial charge in [-0.2, -0.15) is 0 Å². The number of urea groups is 1. The van der Waals surface area contributed by atoms with Gasteiger partial charge in [0.1, 0.15) is 0 Å². The summed E-state index contributed by atoms with van der Waals surface area (Å²) in [6.07, 6.45) is 3.82. The Hall–Kier alpha value is -2.11. The number of carboxylic acids is 1. The fourth-order valence-corrected chi connectivity index (χ4v) is 2.10. The summed E-state index contributed by atoms with van der Waals surface area (Å²) < 4.78 is 0. The van der Waals surface area contributed by atoms with Crippen molar-refractivity contribution in [2.24, 2.45) is 5.41 Å². The van der Waals surface area contributed by atoms with Crippen molar-refractivity contribution in [3.05, 3.63) is 30.1 Å². The van der Waals surface area contributed by atoms with Crippen molar-refractivity contribution in [1.82, 2.24) is 15.2 Å². The third kappa shape index (κ3) is 3.01. The fraction of sp³-hybridized carbons (Fsp3) is 0.462. The second-order valence-electron chi connectivity index (χ2n) is 5.05. The molecular formula is C13H17N3O3. The zero-order valence-electron chi connectivity index (χ0n) is 10.8. The highest BCUT2D eigenvalue weighted by Crippen LogP contribution is 2.29. The Bertz CT molecular complexity index is 477. The first-order valence-corrected chi connectivity index (χ1v) is 6.16. The number of likely N-dealkylation sites (tertiary alicyclic amines) is 1. The van der Waals surface area contributed by atoms with Crippen LogP contribution in [0.3, 0.4) is 0 Å². The van der Waals surface area contributed by atoms with Crippen molar-refractivity contribution in [3.8, 4) is 0 Å². The minimum absolute atomic E-state index is 0.221. The van der Waals surface area contributed by atoms with E-state index in [0.29, 0.717) is 19.5 Å². The number of carboxylic acid groups (broad SMARTS) is 1.